The van der Waals surface area contributed by atoms with E-state index >= 15 is 0 Å². The molecule has 1 fully saturated rings. The highest BCUT2D eigenvalue weighted by Gasteiger charge is 2.24. The molecule has 2 aromatic rings. The molecule has 0 aromatic heterocycles. The van der Waals surface area contributed by atoms with Crippen molar-refractivity contribution < 1.29 is 9.47 Å². The lowest BCUT2D eigenvalue weighted by atomic mass is 9.96. The van der Waals surface area contributed by atoms with Crippen LogP contribution < -0.4 is 0 Å². The van der Waals surface area contributed by atoms with Crippen molar-refractivity contribution in [1.82, 2.24) is 0 Å². The van der Waals surface area contributed by atoms with Crippen LogP contribution in [-0.4, -0.2) is 19.3 Å². The third-order valence-corrected chi connectivity index (χ3v) is 3.66. The third kappa shape index (κ3) is 3.30. The summed E-state index contributed by atoms with van der Waals surface area (Å²) < 4.78 is 11.1. The molecule has 3 rings (SSSR count). The number of rotatable bonds is 5. The van der Waals surface area contributed by atoms with Crippen molar-refractivity contribution in [1.29, 1.82) is 5.26 Å². The Hall–Kier alpha value is -2.15. The van der Waals surface area contributed by atoms with Crippen LogP contribution in [0, 0.1) is 11.3 Å². The number of nitrogens with zero attached hydrogens (tertiary/aromatic N) is 1. The maximum Gasteiger partial charge on any atom is 0.104 e. The van der Waals surface area contributed by atoms with Gasteiger partial charge in [0.2, 0.25) is 0 Å². The lowest BCUT2D eigenvalue weighted by Gasteiger charge is -2.17. The summed E-state index contributed by atoms with van der Waals surface area (Å²) in [6.07, 6.45) is 0.288. The van der Waals surface area contributed by atoms with Gasteiger partial charge in [0, 0.05) is 0 Å². The van der Waals surface area contributed by atoms with Gasteiger partial charge in [0.1, 0.15) is 6.10 Å². The summed E-state index contributed by atoms with van der Waals surface area (Å²) in [5.74, 6) is 0. The number of epoxide rings is 1. The number of ether oxygens (including phenoxy) is 2. The maximum absolute atomic E-state index is 8.89. The summed E-state index contributed by atoms with van der Waals surface area (Å²) in [7, 11) is 0. The number of hydrogen-bond donors (Lipinski definition) is 0. The first-order chi connectivity index (χ1) is 10.3. The quantitative estimate of drug-likeness (QED) is 0.784. The second kappa shape index (κ2) is 6.09. The van der Waals surface area contributed by atoms with E-state index in [4.69, 9.17) is 14.7 Å². The Morgan fingerprint density at radius 1 is 1.24 bits per heavy atom. The van der Waals surface area contributed by atoms with Crippen molar-refractivity contribution in [3.05, 3.63) is 59.7 Å². The van der Waals surface area contributed by atoms with Gasteiger partial charge in [0.05, 0.1) is 31.0 Å². The fraction of sp³-hybridized carbons (Fsp3) is 0.278. The molecule has 1 aliphatic heterocycles. The van der Waals surface area contributed by atoms with Crippen LogP contribution in [0.1, 0.15) is 24.2 Å². The van der Waals surface area contributed by atoms with E-state index in [-0.39, 0.29) is 12.2 Å². The molecule has 0 saturated carbocycles. The van der Waals surface area contributed by atoms with Gasteiger partial charge in [0.25, 0.3) is 0 Å². The van der Waals surface area contributed by atoms with Gasteiger partial charge in [-0.3, -0.25) is 0 Å². The van der Waals surface area contributed by atoms with Gasteiger partial charge in [-0.2, -0.15) is 5.26 Å². The Kier molecular flexibility index (Phi) is 4.01. The first-order valence-electron chi connectivity index (χ1n) is 7.10. The number of nitriles is 1. The molecule has 1 heterocycles. The van der Waals surface area contributed by atoms with Crippen molar-refractivity contribution in [2.24, 2.45) is 0 Å². The number of hydrogen-bond acceptors (Lipinski definition) is 3. The van der Waals surface area contributed by atoms with Crippen LogP contribution in [0.5, 0.6) is 0 Å². The Morgan fingerprint density at radius 3 is 2.62 bits per heavy atom. The van der Waals surface area contributed by atoms with E-state index in [1.165, 1.54) is 0 Å². The Morgan fingerprint density at radius 2 is 1.95 bits per heavy atom. The molecule has 0 amide bonds. The van der Waals surface area contributed by atoms with E-state index in [2.05, 4.69) is 25.1 Å². The summed E-state index contributed by atoms with van der Waals surface area (Å²) in [5, 5.41) is 8.89. The van der Waals surface area contributed by atoms with Crippen molar-refractivity contribution in [3.63, 3.8) is 0 Å². The predicted octanol–water partition coefficient (Wildman–Crippen LogP) is 3.70. The van der Waals surface area contributed by atoms with Crippen LogP contribution in [0.3, 0.4) is 0 Å². The maximum atomic E-state index is 8.89. The van der Waals surface area contributed by atoms with Crippen molar-refractivity contribution in [3.8, 4) is 17.2 Å². The first kappa shape index (κ1) is 13.8. The zero-order chi connectivity index (χ0) is 14.7. The van der Waals surface area contributed by atoms with Crippen molar-refractivity contribution in [2.45, 2.75) is 19.1 Å². The molecule has 2 aromatic carbocycles. The standard InChI is InChI=1S/C18H17NO2/c1-13(20-11-16-12-21-16)17-4-2-3-5-18(17)15-8-6-14(10-19)7-9-15/h2-9,13,16H,11-12H2,1H3/t13?,16-/m0/s1. The molecule has 0 bridgehead atoms. The Labute approximate surface area is 124 Å². The van der Waals surface area contributed by atoms with Gasteiger partial charge >= 0.3 is 0 Å². The highest BCUT2D eigenvalue weighted by Crippen LogP contribution is 2.30. The van der Waals surface area contributed by atoms with Gasteiger partial charge in [-0.1, -0.05) is 36.4 Å². The van der Waals surface area contributed by atoms with Crippen LogP contribution in [0.15, 0.2) is 48.5 Å². The normalized spacial score (nSPS) is 18.0. The van der Waals surface area contributed by atoms with E-state index in [0.29, 0.717) is 12.2 Å². The number of benzene rings is 2. The average molecular weight is 279 g/mol. The van der Waals surface area contributed by atoms with E-state index in [0.717, 1.165) is 23.3 Å². The molecule has 0 spiro atoms. The monoisotopic (exact) mass is 279 g/mol. The van der Waals surface area contributed by atoms with Gasteiger partial charge in [0.15, 0.2) is 0 Å². The summed E-state index contributed by atoms with van der Waals surface area (Å²) in [6, 6.07) is 18.0. The van der Waals surface area contributed by atoms with E-state index in [1.807, 2.05) is 36.4 Å². The van der Waals surface area contributed by atoms with Crippen LogP contribution >= 0.6 is 0 Å². The minimum absolute atomic E-state index is 0.0149. The SMILES string of the molecule is CC(OC[C@H]1CO1)c1ccccc1-c1ccc(C#N)cc1. The Balaban J connectivity index is 1.85. The molecule has 1 unspecified atom stereocenters. The molecular weight excluding hydrogens is 262 g/mol. The highest BCUT2D eigenvalue weighted by atomic mass is 16.6. The highest BCUT2D eigenvalue weighted by molar-refractivity contribution is 5.68. The van der Waals surface area contributed by atoms with Gasteiger partial charge in [-0.05, 0) is 35.7 Å². The predicted molar refractivity (Wildman–Crippen MR) is 80.7 cm³/mol. The molecule has 0 N–H and O–H groups in total. The largest absolute Gasteiger partial charge is 0.371 e. The molecule has 2 atom stereocenters. The van der Waals surface area contributed by atoms with E-state index < -0.39 is 0 Å². The summed E-state index contributed by atoms with van der Waals surface area (Å²) >= 11 is 0. The molecule has 21 heavy (non-hydrogen) atoms. The second-order valence-corrected chi connectivity index (χ2v) is 5.21. The average Bonchev–Trinajstić information content (AvgIpc) is 3.37. The minimum Gasteiger partial charge on any atom is -0.371 e. The second-order valence-electron chi connectivity index (χ2n) is 5.21. The first-order valence-corrected chi connectivity index (χ1v) is 7.10. The molecule has 0 radical (unpaired) electrons. The summed E-state index contributed by atoms with van der Waals surface area (Å²) in [5.41, 5.74) is 4.07. The summed E-state index contributed by atoms with van der Waals surface area (Å²) in [6.45, 7) is 3.51. The van der Waals surface area contributed by atoms with Crippen molar-refractivity contribution >= 4 is 0 Å². The summed E-state index contributed by atoms with van der Waals surface area (Å²) in [4.78, 5) is 0. The fourth-order valence-electron chi connectivity index (χ4n) is 2.34. The molecule has 3 nitrogen and oxygen atoms in total. The van der Waals surface area contributed by atoms with Crippen LogP contribution in [0.2, 0.25) is 0 Å². The fourth-order valence-corrected chi connectivity index (χ4v) is 2.34. The molecule has 106 valence electrons. The van der Waals surface area contributed by atoms with E-state index in [9.17, 15) is 0 Å². The minimum atomic E-state index is 0.0149. The molecule has 3 heteroatoms. The van der Waals surface area contributed by atoms with Gasteiger partial charge in [-0.25, -0.2) is 0 Å². The van der Waals surface area contributed by atoms with E-state index in [1.54, 1.807) is 0 Å². The van der Waals surface area contributed by atoms with Crippen LogP contribution in [-0.2, 0) is 9.47 Å². The van der Waals surface area contributed by atoms with Gasteiger partial charge < -0.3 is 9.47 Å². The lowest BCUT2D eigenvalue weighted by molar-refractivity contribution is 0.0543. The molecule has 0 aliphatic carbocycles. The Bertz CT molecular complexity index is 654. The zero-order valence-corrected chi connectivity index (χ0v) is 12.0. The van der Waals surface area contributed by atoms with Crippen LogP contribution in [0.4, 0.5) is 0 Å². The van der Waals surface area contributed by atoms with Crippen molar-refractivity contribution in [2.75, 3.05) is 13.2 Å². The third-order valence-electron chi connectivity index (χ3n) is 3.66. The van der Waals surface area contributed by atoms with Gasteiger partial charge in [-0.15, -0.1) is 0 Å². The molecular formula is C18H17NO2. The zero-order valence-electron chi connectivity index (χ0n) is 12.0. The molecule has 1 saturated heterocycles. The lowest BCUT2D eigenvalue weighted by Crippen LogP contribution is -2.07. The van der Waals surface area contributed by atoms with Crippen LogP contribution in [0.25, 0.3) is 11.1 Å². The smallest absolute Gasteiger partial charge is 0.104 e. The topological polar surface area (TPSA) is 45.5 Å². The molecule has 1 aliphatic rings.